The SMILES string of the molecule is Fc1ccc([C@H]2Oc3c(Br)cc(Br)cc3[C@@H]3CC(c4cccs4)=NN23)cc1F. The number of benzene rings is 2. The van der Waals surface area contributed by atoms with Crippen LogP contribution >= 0.6 is 43.2 Å². The molecule has 0 fully saturated rings. The first-order valence-corrected chi connectivity index (χ1v) is 11.0. The molecule has 0 saturated heterocycles. The minimum atomic E-state index is -0.903. The average Bonchev–Trinajstić information content (AvgIpc) is 3.33. The van der Waals surface area contributed by atoms with E-state index in [0.717, 1.165) is 31.2 Å². The summed E-state index contributed by atoms with van der Waals surface area (Å²) in [6, 6.07) is 11.7. The van der Waals surface area contributed by atoms with Crippen molar-refractivity contribution >= 4 is 48.9 Å². The Labute approximate surface area is 180 Å². The molecule has 0 radical (unpaired) electrons. The monoisotopic (exact) mass is 524 g/mol. The number of hydrogen-bond acceptors (Lipinski definition) is 4. The number of hydrazone groups is 1. The summed E-state index contributed by atoms with van der Waals surface area (Å²) >= 11 is 8.73. The molecule has 2 aliphatic rings. The van der Waals surface area contributed by atoms with Gasteiger partial charge >= 0.3 is 0 Å². The van der Waals surface area contributed by atoms with Crippen LogP contribution in [-0.2, 0) is 0 Å². The Hall–Kier alpha value is -1.77. The molecular weight excluding hydrogens is 514 g/mol. The third-order valence-corrected chi connectivity index (χ3v) is 6.81. The van der Waals surface area contributed by atoms with Gasteiger partial charge < -0.3 is 4.74 Å². The van der Waals surface area contributed by atoms with Crippen molar-refractivity contribution in [2.75, 3.05) is 0 Å². The van der Waals surface area contributed by atoms with E-state index in [4.69, 9.17) is 9.84 Å². The normalized spacial score (nSPS) is 20.4. The zero-order chi connectivity index (χ0) is 19.4. The second-order valence-electron chi connectivity index (χ2n) is 6.57. The Morgan fingerprint density at radius 3 is 2.71 bits per heavy atom. The van der Waals surface area contributed by atoms with E-state index in [1.165, 1.54) is 12.1 Å². The molecule has 2 aliphatic heterocycles. The Morgan fingerprint density at radius 2 is 1.96 bits per heavy atom. The van der Waals surface area contributed by atoms with Crippen LogP contribution in [0, 0.1) is 11.6 Å². The molecule has 0 amide bonds. The van der Waals surface area contributed by atoms with E-state index in [1.54, 1.807) is 11.3 Å². The van der Waals surface area contributed by atoms with E-state index in [9.17, 15) is 8.78 Å². The van der Waals surface area contributed by atoms with Crippen molar-refractivity contribution < 1.29 is 13.5 Å². The number of rotatable bonds is 2. The molecule has 0 spiro atoms. The Balaban J connectivity index is 1.65. The molecule has 0 saturated carbocycles. The van der Waals surface area contributed by atoms with Gasteiger partial charge in [0.15, 0.2) is 11.6 Å². The maximum atomic E-state index is 13.9. The molecule has 5 rings (SSSR count). The largest absolute Gasteiger partial charge is 0.463 e. The molecule has 0 unspecified atom stereocenters. The Morgan fingerprint density at radius 1 is 1.11 bits per heavy atom. The van der Waals surface area contributed by atoms with Crippen LogP contribution in [0.15, 0.2) is 61.9 Å². The molecule has 2 atom stereocenters. The first-order valence-electron chi connectivity index (χ1n) is 8.51. The van der Waals surface area contributed by atoms with Crippen molar-refractivity contribution in [3.63, 3.8) is 0 Å². The van der Waals surface area contributed by atoms with Crippen LogP contribution in [0.25, 0.3) is 0 Å². The summed E-state index contributed by atoms with van der Waals surface area (Å²) in [5.74, 6) is -1.09. The van der Waals surface area contributed by atoms with Gasteiger partial charge in [0.25, 0.3) is 0 Å². The molecular formula is C20H12Br2F2N2OS. The van der Waals surface area contributed by atoms with Gasteiger partial charge in [-0.3, -0.25) is 0 Å². The predicted molar refractivity (Wildman–Crippen MR) is 112 cm³/mol. The van der Waals surface area contributed by atoms with E-state index < -0.39 is 17.9 Å². The van der Waals surface area contributed by atoms with Crippen LogP contribution in [0.3, 0.4) is 0 Å². The summed E-state index contributed by atoms with van der Waals surface area (Å²) < 4.78 is 35.3. The third kappa shape index (κ3) is 2.98. The lowest BCUT2D eigenvalue weighted by Crippen LogP contribution is -2.34. The number of thiophene rings is 1. The van der Waals surface area contributed by atoms with Crippen LogP contribution in [-0.4, -0.2) is 10.7 Å². The summed E-state index contributed by atoms with van der Waals surface area (Å²) in [5, 5.41) is 8.67. The standard InChI is InChI=1S/C20H12Br2F2N2OS/c21-11-7-12-17-9-16(18-2-1-5-28-18)25-26(17)20(27-19(12)13(22)8-11)10-3-4-14(23)15(24)6-10/h1-8,17,20H,9H2/t17-,20+/m0/s1. The fourth-order valence-electron chi connectivity index (χ4n) is 3.59. The maximum Gasteiger partial charge on any atom is 0.214 e. The Bertz CT molecular complexity index is 1100. The van der Waals surface area contributed by atoms with Gasteiger partial charge in [-0.25, -0.2) is 13.8 Å². The van der Waals surface area contributed by atoms with E-state index in [0.29, 0.717) is 17.7 Å². The van der Waals surface area contributed by atoms with E-state index >= 15 is 0 Å². The second-order valence-corrected chi connectivity index (χ2v) is 9.29. The van der Waals surface area contributed by atoms with Gasteiger partial charge in [-0.05, 0) is 51.6 Å². The Kier molecular flexibility index (Phi) is 4.52. The lowest BCUT2D eigenvalue weighted by Gasteiger charge is -2.38. The summed E-state index contributed by atoms with van der Waals surface area (Å²) in [6.45, 7) is 0. The van der Waals surface area contributed by atoms with Crippen molar-refractivity contribution in [2.24, 2.45) is 5.10 Å². The van der Waals surface area contributed by atoms with Crippen molar-refractivity contribution in [3.8, 4) is 5.75 Å². The zero-order valence-electron chi connectivity index (χ0n) is 14.2. The van der Waals surface area contributed by atoms with Crippen LogP contribution in [0.2, 0.25) is 0 Å². The lowest BCUT2D eigenvalue weighted by atomic mass is 9.97. The number of nitrogens with zero attached hydrogens (tertiary/aromatic N) is 2. The highest BCUT2D eigenvalue weighted by Crippen LogP contribution is 2.51. The third-order valence-electron chi connectivity index (χ3n) is 4.84. The highest BCUT2D eigenvalue weighted by molar-refractivity contribution is 9.11. The van der Waals surface area contributed by atoms with Gasteiger partial charge in [0.2, 0.25) is 6.23 Å². The maximum absolute atomic E-state index is 13.9. The van der Waals surface area contributed by atoms with Crippen molar-refractivity contribution in [2.45, 2.75) is 18.7 Å². The van der Waals surface area contributed by atoms with Crippen LogP contribution in [0.4, 0.5) is 8.78 Å². The van der Waals surface area contributed by atoms with Crippen LogP contribution in [0.1, 0.15) is 34.7 Å². The van der Waals surface area contributed by atoms with E-state index in [-0.39, 0.29) is 6.04 Å². The molecule has 3 aromatic rings. The van der Waals surface area contributed by atoms with Gasteiger partial charge in [0, 0.05) is 22.0 Å². The van der Waals surface area contributed by atoms with Gasteiger partial charge in [-0.1, -0.05) is 28.1 Å². The predicted octanol–water partition coefficient (Wildman–Crippen LogP) is 6.79. The molecule has 0 N–H and O–H groups in total. The number of fused-ring (bicyclic) bond motifs is 3. The number of hydrogen-bond donors (Lipinski definition) is 0. The molecule has 0 bridgehead atoms. The molecule has 142 valence electrons. The highest BCUT2D eigenvalue weighted by atomic mass is 79.9. The van der Waals surface area contributed by atoms with Crippen LogP contribution < -0.4 is 4.74 Å². The lowest BCUT2D eigenvalue weighted by molar-refractivity contribution is -0.0199. The van der Waals surface area contributed by atoms with Crippen LogP contribution in [0.5, 0.6) is 5.75 Å². The summed E-state index contributed by atoms with van der Waals surface area (Å²) in [7, 11) is 0. The number of halogens is 4. The van der Waals surface area contributed by atoms with Crippen molar-refractivity contribution in [1.29, 1.82) is 0 Å². The second kappa shape index (κ2) is 6.93. The first-order chi connectivity index (χ1) is 13.5. The van der Waals surface area contributed by atoms with E-state index in [2.05, 4.69) is 31.9 Å². The molecule has 3 heterocycles. The van der Waals surface area contributed by atoms with E-state index in [1.807, 2.05) is 34.7 Å². The van der Waals surface area contributed by atoms with Crippen molar-refractivity contribution in [1.82, 2.24) is 5.01 Å². The minimum absolute atomic E-state index is 0.0623. The summed E-state index contributed by atoms with van der Waals surface area (Å²) in [5.41, 5.74) is 2.47. The summed E-state index contributed by atoms with van der Waals surface area (Å²) in [6.07, 6.45) is 0.0578. The van der Waals surface area contributed by atoms with Gasteiger partial charge in [-0.2, -0.15) is 5.10 Å². The van der Waals surface area contributed by atoms with Gasteiger partial charge in [0.05, 0.1) is 21.1 Å². The molecule has 0 aliphatic carbocycles. The topological polar surface area (TPSA) is 24.8 Å². The van der Waals surface area contributed by atoms with Gasteiger partial charge in [-0.15, -0.1) is 11.3 Å². The molecule has 28 heavy (non-hydrogen) atoms. The van der Waals surface area contributed by atoms with Gasteiger partial charge in [0.1, 0.15) is 5.75 Å². The number of ether oxygens (including phenoxy) is 1. The summed E-state index contributed by atoms with van der Waals surface area (Å²) in [4.78, 5) is 1.09. The fourth-order valence-corrected chi connectivity index (χ4v) is 5.66. The minimum Gasteiger partial charge on any atom is -0.463 e. The first kappa shape index (κ1) is 18.3. The smallest absolute Gasteiger partial charge is 0.214 e. The molecule has 2 aromatic carbocycles. The zero-order valence-corrected chi connectivity index (χ0v) is 18.2. The molecule has 3 nitrogen and oxygen atoms in total. The molecule has 8 heteroatoms. The average molecular weight is 526 g/mol. The highest BCUT2D eigenvalue weighted by Gasteiger charge is 2.42. The molecule has 1 aromatic heterocycles. The van der Waals surface area contributed by atoms with Crippen molar-refractivity contribution in [3.05, 3.63) is 84.4 Å². The quantitative estimate of drug-likeness (QED) is 0.368. The fraction of sp³-hybridized carbons (Fsp3) is 0.150.